The second-order valence-corrected chi connectivity index (χ2v) is 6.64. The average Bonchev–Trinajstić information content (AvgIpc) is 2.77. The van der Waals surface area contributed by atoms with Gasteiger partial charge in [-0.1, -0.05) is 15.9 Å². The fraction of sp³-hybridized carbons (Fsp3) is 0.533. The van der Waals surface area contributed by atoms with Crippen molar-refractivity contribution >= 4 is 27.0 Å². The van der Waals surface area contributed by atoms with Gasteiger partial charge in [0.2, 0.25) is 0 Å². The van der Waals surface area contributed by atoms with Crippen molar-refractivity contribution in [1.82, 2.24) is 15.3 Å². The maximum absolute atomic E-state index is 11.4. The van der Waals surface area contributed by atoms with Crippen LogP contribution in [-0.2, 0) is 4.74 Å². The van der Waals surface area contributed by atoms with Crippen molar-refractivity contribution in [2.24, 2.45) is 0 Å². The average molecular weight is 354 g/mol. The molecule has 3 rings (SSSR count). The van der Waals surface area contributed by atoms with Gasteiger partial charge < -0.3 is 20.0 Å². The number of hydrogen-bond donors (Lipinski definition) is 3. The van der Waals surface area contributed by atoms with Gasteiger partial charge >= 0.3 is 5.69 Å². The Hall–Kier alpha value is -1.11. The summed E-state index contributed by atoms with van der Waals surface area (Å²) in [4.78, 5) is 17.0. The van der Waals surface area contributed by atoms with Gasteiger partial charge in [-0.15, -0.1) is 0 Å². The molecule has 6 heteroatoms. The van der Waals surface area contributed by atoms with Crippen molar-refractivity contribution in [3.05, 3.63) is 32.7 Å². The fourth-order valence-corrected chi connectivity index (χ4v) is 3.76. The summed E-state index contributed by atoms with van der Waals surface area (Å²) in [5, 5.41) is 3.38. The zero-order valence-corrected chi connectivity index (χ0v) is 13.8. The summed E-state index contributed by atoms with van der Waals surface area (Å²) in [5.41, 5.74) is 2.60. The highest BCUT2D eigenvalue weighted by molar-refractivity contribution is 9.10. The largest absolute Gasteiger partial charge is 0.378 e. The summed E-state index contributed by atoms with van der Waals surface area (Å²) in [6, 6.07) is 4.16. The molecular formula is C15H20BrN3O2. The highest BCUT2D eigenvalue weighted by Gasteiger charge is 2.39. The van der Waals surface area contributed by atoms with E-state index in [4.69, 9.17) is 4.74 Å². The Morgan fingerprint density at radius 1 is 1.38 bits per heavy atom. The molecule has 0 radical (unpaired) electrons. The molecule has 1 saturated carbocycles. The van der Waals surface area contributed by atoms with Crippen LogP contribution in [0.5, 0.6) is 0 Å². The van der Waals surface area contributed by atoms with Crippen LogP contribution >= 0.6 is 15.9 Å². The van der Waals surface area contributed by atoms with E-state index in [0.29, 0.717) is 0 Å². The minimum absolute atomic E-state index is 0.00632. The summed E-state index contributed by atoms with van der Waals surface area (Å²) in [5.74, 6) is 0. The van der Waals surface area contributed by atoms with E-state index in [1.54, 1.807) is 7.11 Å². The Labute approximate surface area is 131 Å². The number of benzene rings is 1. The first-order valence-corrected chi connectivity index (χ1v) is 8.00. The van der Waals surface area contributed by atoms with Crippen molar-refractivity contribution in [3.63, 3.8) is 0 Å². The minimum Gasteiger partial charge on any atom is -0.378 e. The van der Waals surface area contributed by atoms with Crippen molar-refractivity contribution in [2.45, 2.75) is 37.3 Å². The van der Waals surface area contributed by atoms with E-state index < -0.39 is 0 Å². The number of H-pyrrole nitrogens is 2. The van der Waals surface area contributed by atoms with Crippen LogP contribution in [0.15, 0.2) is 21.4 Å². The molecule has 1 heterocycles. The molecule has 0 spiro atoms. The van der Waals surface area contributed by atoms with Gasteiger partial charge in [-0.05, 0) is 50.4 Å². The molecule has 21 heavy (non-hydrogen) atoms. The Bertz CT molecular complexity index is 697. The number of nitrogens with one attached hydrogen (secondary N) is 3. The SMILES string of the molecule is CNC(CC1(OC)CCC1)c1cc2[nH]c(=O)[nH]c2cc1Br. The number of aromatic amines is 2. The van der Waals surface area contributed by atoms with Crippen LogP contribution < -0.4 is 11.0 Å². The summed E-state index contributed by atoms with van der Waals surface area (Å²) in [6.07, 6.45) is 4.39. The van der Waals surface area contributed by atoms with Crippen molar-refractivity contribution in [2.75, 3.05) is 14.2 Å². The van der Waals surface area contributed by atoms with Gasteiger partial charge in [0, 0.05) is 17.6 Å². The highest BCUT2D eigenvalue weighted by atomic mass is 79.9. The number of imidazole rings is 1. The number of ether oxygens (including phenoxy) is 1. The molecule has 114 valence electrons. The topological polar surface area (TPSA) is 69.9 Å². The van der Waals surface area contributed by atoms with Crippen LogP contribution in [0.2, 0.25) is 0 Å². The van der Waals surface area contributed by atoms with Crippen molar-refractivity contribution in [3.8, 4) is 0 Å². The molecule has 1 aliphatic rings. The summed E-state index contributed by atoms with van der Waals surface area (Å²) in [7, 11) is 3.76. The standard InChI is InChI=1S/C15H20BrN3O2/c1-17-13(8-15(21-2)4-3-5-15)9-6-11-12(7-10(9)16)19-14(20)18-11/h6-7,13,17H,3-5,8H2,1-2H3,(H2,18,19,20). The normalized spacial score (nSPS) is 18.6. The van der Waals surface area contributed by atoms with Crippen LogP contribution in [0, 0.1) is 0 Å². The molecule has 1 aromatic heterocycles. The van der Waals surface area contributed by atoms with Crippen molar-refractivity contribution < 1.29 is 4.74 Å². The summed E-state index contributed by atoms with van der Waals surface area (Å²) < 4.78 is 6.74. The lowest BCUT2D eigenvalue weighted by Gasteiger charge is -2.43. The maximum Gasteiger partial charge on any atom is 0.323 e. The predicted octanol–water partition coefficient (Wildman–Crippen LogP) is 2.84. The summed E-state index contributed by atoms with van der Waals surface area (Å²) >= 11 is 3.62. The van der Waals surface area contributed by atoms with Gasteiger partial charge in [-0.3, -0.25) is 0 Å². The number of rotatable bonds is 5. The third-order valence-corrected chi connectivity index (χ3v) is 5.32. The molecule has 1 unspecified atom stereocenters. The highest BCUT2D eigenvalue weighted by Crippen LogP contribution is 2.43. The fourth-order valence-electron chi connectivity index (χ4n) is 3.14. The minimum atomic E-state index is -0.178. The molecule has 1 atom stereocenters. The zero-order chi connectivity index (χ0) is 15.0. The predicted molar refractivity (Wildman–Crippen MR) is 86.6 cm³/mol. The molecule has 1 fully saturated rings. The van der Waals surface area contributed by atoms with Crippen LogP contribution in [0.25, 0.3) is 11.0 Å². The number of methoxy groups -OCH3 is 1. The third kappa shape index (κ3) is 2.67. The van der Waals surface area contributed by atoms with Gasteiger partial charge in [0.1, 0.15) is 0 Å². The maximum atomic E-state index is 11.4. The number of halogens is 1. The molecule has 0 saturated heterocycles. The van der Waals surface area contributed by atoms with Gasteiger partial charge in [-0.25, -0.2) is 4.79 Å². The van der Waals surface area contributed by atoms with E-state index in [0.717, 1.165) is 40.3 Å². The molecular weight excluding hydrogens is 334 g/mol. The van der Waals surface area contributed by atoms with E-state index in [1.807, 2.05) is 19.2 Å². The lowest BCUT2D eigenvalue weighted by molar-refractivity contribution is -0.0834. The lowest BCUT2D eigenvalue weighted by Crippen LogP contribution is -2.42. The Kier molecular flexibility index (Phi) is 3.94. The quantitative estimate of drug-likeness (QED) is 0.773. The molecule has 1 aliphatic carbocycles. The Morgan fingerprint density at radius 3 is 2.57 bits per heavy atom. The third-order valence-electron chi connectivity index (χ3n) is 4.63. The molecule has 1 aromatic carbocycles. The summed E-state index contributed by atoms with van der Waals surface area (Å²) in [6.45, 7) is 0. The van der Waals surface area contributed by atoms with Crippen LogP contribution in [0.4, 0.5) is 0 Å². The van der Waals surface area contributed by atoms with Gasteiger partial charge in [0.25, 0.3) is 0 Å². The number of fused-ring (bicyclic) bond motifs is 1. The van der Waals surface area contributed by atoms with E-state index >= 15 is 0 Å². The van der Waals surface area contributed by atoms with Gasteiger partial charge in [-0.2, -0.15) is 0 Å². The van der Waals surface area contributed by atoms with E-state index in [2.05, 4.69) is 31.2 Å². The number of hydrogen-bond acceptors (Lipinski definition) is 3. The number of aromatic nitrogens is 2. The lowest BCUT2D eigenvalue weighted by atomic mass is 9.74. The van der Waals surface area contributed by atoms with E-state index in [9.17, 15) is 4.79 Å². The Balaban J connectivity index is 1.96. The molecule has 0 bridgehead atoms. The molecule has 0 amide bonds. The van der Waals surface area contributed by atoms with Crippen molar-refractivity contribution in [1.29, 1.82) is 0 Å². The second kappa shape index (κ2) is 5.59. The van der Waals surface area contributed by atoms with Crippen LogP contribution in [0.1, 0.15) is 37.3 Å². The second-order valence-electron chi connectivity index (χ2n) is 5.78. The molecule has 0 aliphatic heterocycles. The first kappa shape index (κ1) is 14.8. The van der Waals surface area contributed by atoms with Crippen LogP contribution in [-0.4, -0.2) is 29.7 Å². The monoisotopic (exact) mass is 353 g/mol. The smallest absolute Gasteiger partial charge is 0.323 e. The zero-order valence-electron chi connectivity index (χ0n) is 12.3. The van der Waals surface area contributed by atoms with Crippen LogP contribution in [0.3, 0.4) is 0 Å². The molecule has 2 aromatic rings. The molecule has 5 nitrogen and oxygen atoms in total. The van der Waals surface area contributed by atoms with Gasteiger partial charge in [0.15, 0.2) is 0 Å². The first-order chi connectivity index (χ1) is 10.1. The van der Waals surface area contributed by atoms with Gasteiger partial charge in [0.05, 0.1) is 16.6 Å². The van der Waals surface area contributed by atoms with E-state index in [-0.39, 0.29) is 17.3 Å². The molecule has 3 N–H and O–H groups in total. The van der Waals surface area contributed by atoms with E-state index in [1.165, 1.54) is 6.42 Å². The first-order valence-electron chi connectivity index (χ1n) is 7.21. The Morgan fingerprint density at radius 2 is 2.05 bits per heavy atom.